The Morgan fingerprint density at radius 1 is 0.862 bits per heavy atom. The number of pyridine rings is 1. The maximum atomic E-state index is 15.3. The van der Waals surface area contributed by atoms with E-state index in [1.165, 1.54) is 6.07 Å². The number of nitrogens with one attached hydrogen (secondary N) is 2. The van der Waals surface area contributed by atoms with E-state index >= 15 is 4.39 Å². The molecule has 1 atom stereocenters. The number of piperazine rings is 1. The highest BCUT2D eigenvalue weighted by atomic mass is 19.1. The molecule has 65 heavy (non-hydrogen) atoms. The monoisotopic (exact) mass is 883 g/mol. The van der Waals surface area contributed by atoms with E-state index < -0.39 is 11.9 Å². The van der Waals surface area contributed by atoms with Crippen LogP contribution in [0, 0.1) is 29.0 Å². The van der Waals surface area contributed by atoms with E-state index in [1.807, 2.05) is 43.9 Å². The van der Waals surface area contributed by atoms with E-state index in [0.29, 0.717) is 111 Å². The average Bonchev–Trinajstić information content (AvgIpc) is 3.98. The summed E-state index contributed by atoms with van der Waals surface area (Å²) in [5.74, 6) is 0.639. The highest BCUT2D eigenvalue weighted by molar-refractivity contribution is 6.01. The number of benzene rings is 1. The van der Waals surface area contributed by atoms with Crippen molar-refractivity contribution in [2.24, 2.45) is 11.8 Å². The summed E-state index contributed by atoms with van der Waals surface area (Å²) in [4.78, 5) is 67.7. The van der Waals surface area contributed by atoms with Gasteiger partial charge in [0.1, 0.15) is 34.8 Å². The van der Waals surface area contributed by atoms with Crippen molar-refractivity contribution in [3.05, 3.63) is 72.7 Å². The van der Waals surface area contributed by atoms with Gasteiger partial charge in [0, 0.05) is 101 Å². The lowest BCUT2D eigenvalue weighted by Gasteiger charge is -2.36. The van der Waals surface area contributed by atoms with E-state index in [-0.39, 0.29) is 41.9 Å². The first kappa shape index (κ1) is 43.4. The van der Waals surface area contributed by atoms with Crippen molar-refractivity contribution in [2.75, 3.05) is 67.5 Å². The fourth-order valence-corrected chi connectivity index (χ4v) is 9.50. The average molecular weight is 884 g/mol. The Balaban J connectivity index is 0.782. The topological polar surface area (TPSA) is 190 Å². The predicted octanol–water partition coefficient (Wildman–Crippen LogP) is 5.05. The molecule has 4 aromatic heterocycles. The van der Waals surface area contributed by atoms with E-state index in [1.54, 1.807) is 35.2 Å². The molecule has 2 N–H and O–H groups in total. The molecule has 18 heteroatoms. The number of piperidine rings is 3. The van der Waals surface area contributed by atoms with Crippen LogP contribution >= 0.6 is 0 Å². The lowest BCUT2D eigenvalue weighted by molar-refractivity contribution is -0.134. The first-order chi connectivity index (χ1) is 31.5. The third-order valence-corrected chi connectivity index (χ3v) is 13.2. The standard InChI is InChI=1S/C47H54FN13O4/c1-30(2)21-43(63)59-19-17-57(18-20-59)41-7-3-32(25-50-41)45-46-33(24-49)26-52-61(46)29-39(54-45)34-27-51-60(28-34)36-11-15-58(16-12-36)44(64)22-31-9-13-56(14-10-31)40-6-4-35(23-37(40)48)53-38-5-8-42(62)55-47(38)65/h3-4,6-7,23,25-31,36,38,53H,5,8-22H2,1-2H3,(H,55,62,65). The van der Waals surface area contributed by atoms with Crippen molar-refractivity contribution < 1.29 is 23.6 Å². The summed E-state index contributed by atoms with van der Waals surface area (Å²) in [5, 5.41) is 24.5. The largest absolute Gasteiger partial charge is 0.374 e. The summed E-state index contributed by atoms with van der Waals surface area (Å²) in [6.45, 7) is 9.40. The van der Waals surface area contributed by atoms with Crippen molar-refractivity contribution >= 4 is 46.3 Å². The number of rotatable bonds is 11. The molecule has 0 bridgehead atoms. The van der Waals surface area contributed by atoms with E-state index in [2.05, 4.69) is 40.5 Å². The molecule has 0 spiro atoms. The van der Waals surface area contributed by atoms with E-state index in [0.717, 1.165) is 42.6 Å². The Bertz CT molecular complexity index is 2610. The Labute approximate surface area is 376 Å². The molecule has 0 radical (unpaired) electrons. The molecule has 4 aliphatic heterocycles. The molecular weight excluding hydrogens is 830 g/mol. The molecule has 338 valence electrons. The summed E-state index contributed by atoms with van der Waals surface area (Å²) < 4.78 is 18.9. The van der Waals surface area contributed by atoms with Gasteiger partial charge in [0.25, 0.3) is 0 Å². The molecule has 4 aliphatic rings. The van der Waals surface area contributed by atoms with Crippen molar-refractivity contribution in [3.8, 4) is 28.6 Å². The number of imide groups is 1. The summed E-state index contributed by atoms with van der Waals surface area (Å²) in [5.41, 5.74) is 4.79. The number of hydrogen-bond donors (Lipinski definition) is 2. The number of carbonyl (C=O) groups excluding carboxylic acids is 4. The number of fused-ring (bicyclic) bond motifs is 1. The third kappa shape index (κ3) is 9.50. The molecule has 9 rings (SSSR count). The van der Waals surface area contributed by atoms with Crippen molar-refractivity contribution in [3.63, 3.8) is 0 Å². The van der Waals surface area contributed by atoms with Crippen LogP contribution in [0.4, 0.5) is 21.6 Å². The molecule has 1 unspecified atom stereocenters. The Morgan fingerprint density at radius 2 is 1.63 bits per heavy atom. The summed E-state index contributed by atoms with van der Waals surface area (Å²) in [6.07, 6.45) is 13.6. The minimum atomic E-state index is -0.582. The van der Waals surface area contributed by atoms with Crippen LogP contribution in [-0.4, -0.2) is 121 Å². The number of halogens is 1. The third-order valence-electron chi connectivity index (χ3n) is 13.2. The van der Waals surface area contributed by atoms with Crippen molar-refractivity contribution in [2.45, 2.75) is 77.3 Å². The molecule has 1 aromatic carbocycles. The van der Waals surface area contributed by atoms with Gasteiger partial charge in [-0.1, -0.05) is 13.8 Å². The van der Waals surface area contributed by atoms with E-state index in [9.17, 15) is 24.4 Å². The molecular formula is C47H54FN13O4. The molecule has 4 saturated heterocycles. The number of amides is 4. The van der Waals surface area contributed by atoms with Gasteiger partial charge < -0.3 is 24.9 Å². The smallest absolute Gasteiger partial charge is 0.249 e. The SMILES string of the molecule is CC(C)CC(=O)N1CCN(c2ccc(-c3nc(-c4cnn(C5CCN(C(=O)CC6CCN(c7ccc(NC8CCC(=O)NC8=O)cc7F)CC6)CC5)c4)cn4ncc(C#N)c34)cn2)CC1. The highest BCUT2D eigenvalue weighted by Gasteiger charge is 2.30. The lowest BCUT2D eigenvalue weighted by atomic mass is 9.92. The van der Waals surface area contributed by atoms with E-state index in [4.69, 9.17) is 15.1 Å². The van der Waals surface area contributed by atoms with Crippen LogP contribution in [-0.2, 0) is 19.2 Å². The fraction of sp³-hybridized carbons (Fsp3) is 0.468. The number of nitriles is 1. The normalized spacial score (nSPS) is 18.9. The van der Waals surface area contributed by atoms with Crippen LogP contribution in [0.15, 0.2) is 61.3 Å². The Kier molecular flexibility index (Phi) is 12.5. The van der Waals surface area contributed by atoms with Crippen LogP contribution in [0.2, 0.25) is 0 Å². The summed E-state index contributed by atoms with van der Waals surface area (Å²) in [6, 6.07) is 10.6. The molecule has 8 heterocycles. The molecule has 17 nitrogen and oxygen atoms in total. The van der Waals surface area contributed by atoms with Gasteiger partial charge in [-0.25, -0.2) is 18.9 Å². The van der Waals surface area contributed by atoms with Crippen molar-refractivity contribution in [1.29, 1.82) is 5.26 Å². The highest BCUT2D eigenvalue weighted by Crippen LogP contribution is 2.33. The second-order valence-electron chi connectivity index (χ2n) is 18.1. The number of likely N-dealkylation sites (tertiary alicyclic amines) is 1. The Morgan fingerprint density at radius 3 is 2.32 bits per heavy atom. The van der Waals surface area contributed by atoms with Crippen molar-refractivity contribution in [1.82, 2.24) is 44.5 Å². The second-order valence-corrected chi connectivity index (χ2v) is 18.1. The zero-order chi connectivity index (χ0) is 45.2. The minimum absolute atomic E-state index is 0.113. The quantitative estimate of drug-likeness (QED) is 0.168. The maximum Gasteiger partial charge on any atom is 0.249 e. The number of carbonyl (C=O) groups is 4. The second kappa shape index (κ2) is 18.7. The predicted molar refractivity (Wildman–Crippen MR) is 241 cm³/mol. The zero-order valence-corrected chi connectivity index (χ0v) is 36.8. The minimum Gasteiger partial charge on any atom is -0.374 e. The van der Waals surface area contributed by atoms with Crippen LogP contribution in [0.5, 0.6) is 0 Å². The lowest BCUT2D eigenvalue weighted by Crippen LogP contribution is -2.49. The number of aromatic nitrogens is 6. The molecule has 0 aliphatic carbocycles. The van der Waals surface area contributed by atoms with Gasteiger partial charge >= 0.3 is 0 Å². The Hall–Kier alpha value is -6.90. The van der Waals surface area contributed by atoms with Crippen LogP contribution < -0.4 is 20.4 Å². The first-order valence-electron chi connectivity index (χ1n) is 22.7. The van der Waals surface area contributed by atoms with Gasteiger partial charge in [-0.15, -0.1) is 0 Å². The van der Waals surface area contributed by atoms with Gasteiger partial charge in [0.2, 0.25) is 23.6 Å². The van der Waals surface area contributed by atoms with Crippen LogP contribution in [0.3, 0.4) is 0 Å². The van der Waals surface area contributed by atoms with Gasteiger partial charge in [-0.2, -0.15) is 15.5 Å². The molecule has 4 fully saturated rings. The molecule has 5 aromatic rings. The van der Waals surface area contributed by atoms with Gasteiger partial charge in [0.15, 0.2) is 0 Å². The van der Waals surface area contributed by atoms with Crippen LogP contribution in [0.1, 0.15) is 76.8 Å². The van der Waals surface area contributed by atoms with Gasteiger partial charge in [-0.3, -0.25) is 29.2 Å². The van der Waals surface area contributed by atoms with Gasteiger partial charge in [-0.05, 0) is 74.3 Å². The maximum absolute atomic E-state index is 15.3. The number of hydrogen-bond acceptors (Lipinski definition) is 12. The molecule has 0 saturated carbocycles. The fourth-order valence-electron chi connectivity index (χ4n) is 9.50. The zero-order valence-electron chi connectivity index (χ0n) is 36.8. The summed E-state index contributed by atoms with van der Waals surface area (Å²) >= 11 is 0. The van der Waals surface area contributed by atoms with Crippen LogP contribution in [0.25, 0.3) is 28.0 Å². The molecule has 4 amide bonds. The summed E-state index contributed by atoms with van der Waals surface area (Å²) in [7, 11) is 0. The number of nitrogens with zero attached hydrogens (tertiary/aromatic N) is 11. The first-order valence-corrected chi connectivity index (χ1v) is 22.7. The number of anilines is 3. The van der Waals surface area contributed by atoms with Gasteiger partial charge in [0.05, 0.1) is 41.7 Å².